The Morgan fingerprint density at radius 2 is 1.07 bits per heavy atom. The van der Waals surface area contributed by atoms with Crippen molar-refractivity contribution in [3.8, 4) is 11.1 Å². The van der Waals surface area contributed by atoms with Crippen molar-refractivity contribution < 1.29 is 20.4 Å². The van der Waals surface area contributed by atoms with E-state index in [0.717, 1.165) is 6.42 Å². The maximum Gasteiger partial charge on any atom is -0.147 e. The molecule has 0 saturated carbocycles. The molecule has 0 fully saturated rings. The van der Waals surface area contributed by atoms with Gasteiger partial charge in [0.05, 0.1) is 0 Å². The second-order valence-electron chi connectivity index (χ2n) is 13.4. The first-order valence-corrected chi connectivity index (χ1v) is 22.5. The van der Waals surface area contributed by atoms with Crippen molar-refractivity contribution in [3.05, 3.63) is 141 Å². The van der Waals surface area contributed by atoms with Crippen LogP contribution in [0.3, 0.4) is 0 Å². The fourth-order valence-corrected chi connectivity index (χ4v) is 28.6. The van der Waals surface area contributed by atoms with Gasteiger partial charge in [0, 0.05) is 0 Å². The smallest absolute Gasteiger partial charge is 0.147 e. The molecule has 216 valence electrons. The van der Waals surface area contributed by atoms with Gasteiger partial charge in [0.15, 0.2) is 0 Å². The van der Waals surface area contributed by atoms with E-state index in [1.807, 2.05) is 0 Å². The molecular formula is C38H42Cl2SiZr. The molecular weight excluding hydrogens is 647 g/mol. The number of rotatable bonds is 4. The maximum atomic E-state index is 2.54. The van der Waals surface area contributed by atoms with E-state index in [4.69, 9.17) is 0 Å². The van der Waals surface area contributed by atoms with Crippen molar-refractivity contribution in [1.29, 1.82) is 0 Å². The van der Waals surface area contributed by atoms with E-state index in [-0.39, 0.29) is 35.6 Å². The Labute approximate surface area is 273 Å². The van der Waals surface area contributed by atoms with E-state index in [1.165, 1.54) is 22.3 Å². The van der Waals surface area contributed by atoms with Crippen LogP contribution in [0.25, 0.3) is 11.1 Å². The van der Waals surface area contributed by atoms with Gasteiger partial charge < -0.3 is 0 Å². The molecule has 4 aromatic rings. The topological polar surface area (TPSA) is 0 Å². The Bertz CT molecular complexity index is 1570. The van der Waals surface area contributed by atoms with Gasteiger partial charge in [-0.05, 0) is 0 Å². The molecule has 2 aliphatic carbocycles. The molecule has 0 heterocycles. The van der Waals surface area contributed by atoms with Crippen LogP contribution < -0.4 is 10.4 Å². The molecule has 0 radical (unpaired) electrons. The predicted molar refractivity (Wildman–Crippen MR) is 185 cm³/mol. The summed E-state index contributed by atoms with van der Waals surface area (Å²) in [5, 5.41) is 3.15. The van der Waals surface area contributed by atoms with Gasteiger partial charge in [0.1, 0.15) is 0 Å². The summed E-state index contributed by atoms with van der Waals surface area (Å²) in [5.74, 6) is 0. The first-order valence-electron chi connectivity index (χ1n) is 14.6. The quantitative estimate of drug-likeness (QED) is 0.188. The van der Waals surface area contributed by atoms with Crippen LogP contribution in [0, 0.1) is 0 Å². The maximum absolute atomic E-state index is 2.54. The van der Waals surface area contributed by atoms with Crippen molar-refractivity contribution in [2.75, 3.05) is 0 Å². The van der Waals surface area contributed by atoms with E-state index in [9.17, 15) is 0 Å². The molecule has 0 saturated heterocycles. The molecule has 0 N–H and O–H groups in total. The molecule has 0 unspecified atom stereocenters. The van der Waals surface area contributed by atoms with E-state index >= 15 is 0 Å². The van der Waals surface area contributed by atoms with Gasteiger partial charge in [0.2, 0.25) is 0 Å². The van der Waals surface area contributed by atoms with E-state index in [0.29, 0.717) is 3.63 Å². The van der Waals surface area contributed by atoms with Crippen molar-refractivity contribution in [2.24, 2.45) is 0 Å². The van der Waals surface area contributed by atoms with Crippen LogP contribution in [0.5, 0.6) is 0 Å². The third-order valence-corrected chi connectivity index (χ3v) is 28.3. The van der Waals surface area contributed by atoms with E-state index in [2.05, 4.69) is 157 Å². The van der Waals surface area contributed by atoms with Gasteiger partial charge in [-0.25, -0.2) is 0 Å². The summed E-state index contributed by atoms with van der Waals surface area (Å²) in [7, 11) is 0. The van der Waals surface area contributed by atoms with Crippen LogP contribution in [0.4, 0.5) is 0 Å². The second-order valence-corrected chi connectivity index (χ2v) is 27.2. The average Bonchev–Trinajstić information content (AvgIpc) is 3.58. The molecule has 0 bridgehead atoms. The molecule has 0 spiro atoms. The van der Waals surface area contributed by atoms with Crippen LogP contribution in [-0.2, 0) is 31.2 Å². The number of allylic oxidation sites excluding steroid dienone is 4. The molecule has 4 heteroatoms. The zero-order valence-corrected chi connectivity index (χ0v) is 30.7. The van der Waals surface area contributed by atoms with Crippen molar-refractivity contribution in [2.45, 2.75) is 62.4 Å². The average molecular weight is 689 g/mol. The van der Waals surface area contributed by atoms with Gasteiger partial charge in [-0.15, -0.1) is 24.8 Å². The monoisotopic (exact) mass is 686 g/mol. The summed E-state index contributed by atoms with van der Waals surface area (Å²) in [5.41, 5.74) is 8.30. The summed E-state index contributed by atoms with van der Waals surface area (Å²) in [4.78, 5) is 0. The number of halogens is 2. The Morgan fingerprint density at radius 1 is 0.619 bits per heavy atom. The van der Waals surface area contributed by atoms with E-state index in [1.54, 1.807) is 24.8 Å². The Kier molecular flexibility index (Phi) is 10.2. The summed E-state index contributed by atoms with van der Waals surface area (Å²) in [6, 6.07) is 38.1. The van der Waals surface area contributed by atoms with Crippen LogP contribution in [0.15, 0.2) is 119 Å². The van der Waals surface area contributed by atoms with Gasteiger partial charge in [0.25, 0.3) is 0 Å². The molecule has 6 rings (SSSR count). The largest absolute Gasteiger partial charge is 0.147 e. The second kappa shape index (κ2) is 13.0. The first kappa shape index (κ1) is 32.9. The van der Waals surface area contributed by atoms with Crippen LogP contribution in [0.2, 0.25) is 0 Å². The first-order chi connectivity index (χ1) is 19.1. The predicted octanol–water partition coefficient (Wildman–Crippen LogP) is 9.46. The van der Waals surface area contributed by atoms with Crippen LogP contribution in [0.1, 0.15) is 73.8 Å². The molecule has 2 aliphatic rings. The standard InChI is InChI=1S/C21H25.C12H10Si.C5H5.2ClH.Zr/c1-20(2,3)16-9-7-14-11-15-8-10-17(21(4,5)6)13-19(15)18(14)12-16;1-3-7-11(8-4-1)13-12-9-5-2-6-10-12;1-2-4-5-3-1;;;/h7-13H,1-6H3;1-10H;1-3H,4H2;2*1H;. The third-order valence-electron chi connectivity index (χ3n) is 8.55. The van der Waals surface area contributed by atoms with Crippen molar-refractivity contribution in [1.82, 2.24) is 0 Å². The molecule has 0 nitrogen and oxygen atoms in total. The molecule has 42 heavy (non-hydrogen) atoms. The minimum Gasteiger partial charge on any atom is -0.147 e. The third kappa shape index (κ3) is 6.30. The van der Waals surface area contributed by atoms with Gasteiger partial charge in [-0.3, -0.25) is 0 Å². The number of hydrogen-bond donors (Lipinski definition) is 0. The van der Waals surface area contributed by atoms with Gasteiger partial charge >= 0.3 is 251 Å². The molecule has 0 atom stereocenters. The normalized spacial score (nSPS) is 13.9. The van der Waals surface area contributed by atoms with E-state index < -0.39 is 25.8 Å². The Balaban J connectivity index is 0.00000202. The molecule has 0 aromatic heterocycles. The summed E-state index contributed by atoms with van der Waals surface area (Å²) in [6.07, 6.45) is 8.36. The van der Waals surface area contributed by atoms with Crippen LogP contribution in [-0.4, -0.2) is 5.43 Å². The zero-order valence-electron chi connectivity index (χ0n) is 25.6. The summed E-state index contributed by atoms with van der Waals surface area (Å²) >= 11 is -2.43. The fourth-order valence-electron chi connectivity index (χ4n) is 6.32. The molecule has 4 aromatic carbocycles. The summed E-state index contributed by atoms with van der Waals surface area (Å²) < 4.78 is 2.29. The molecule has 0 aliphatic heterocycles. The minimum absolute atomic E-state index is 0. The minimum atomic E-state index is -2.43. The Hall–Kier alpha value is -1.96. The van der Waals surface area contributed by atoms with Gasteiger partial charge in [-0.1, -0.05) is 0 Å². The number of fused-ring (bicyclic) bond motifs is 3. The number of benzene rings is 4. The zero-order chi connectivity index (χ0) is 28.1. The van der Waals surface area contributed by atoms with Crippen molar-refractivity contribution >= 4 is 40.6 Å². The van der Waals surface area contributed by atoms with Crippen LogP contribution >= 0.6 is 24.8 Å². The number of hydrogen-bond acceptors (Lipinski definition) is 0. The SMILES string of the molecule is CC(C)(C)c1ccc2c(c1)-c1cc(C(C)(C)C)ccc1[CH]2[Zr]([C]1=CC=CC1)=[Si](c1ccccc1)c1ccccc1.Cl.Cl. The fraction of sp³-hybridized carbons (Fsp3) is 0.263. The summed E-state index contributed by atoms with van der Waals surface area (Å²) in [6.45, 7) is 14.1. The Morgan fingerprint density at radius 3 is 1.45 bits per heavy atom. The van der Waals surface area contributed by atoms with Gasteiger partial charge in [-0.2, -0.15) is 0 Å². The molecule has 0 amide bonds. The van der Waals surface area contributed by atoms with Crippen molar-refractivity contribution in [3.63, 3.8) is 0 Å².